The minimum absolute atomic E-state index is 0.401. The second kappa shape index (κ2) is 3.99. The van der Waals surface area contributed by atoms with Crippen molar-refractivity contribution in [1.29, 1.82) is 0 Å². The van der Waals surface area contributed by atoms with Gasteiger partial charge in [0.1, 0.15) is 0 Å². The number of alkyl halides is 1. The van der Waals surface area contributed by atoms with Crippen LogP contribution in [-0.4, -0.2) is 20.2 Å². The van der Waals surface area contributed by atoms with Crippen LogP contribution >= 0.6 is 11.6 Å². The number of hydrogen-bond donors (Lipinski definition) is 0. The van der Waals surface area contributed by atoms with Gasteiger partial charge in [0.05, 0.1) is 11.9 Å². The fraction of sp³-hybridized carbons (Fsp3) is 0.909. The van der Waals surface area contributed by atoms with Gasteiger partial charge in [-0.3, -0.25) is 0 Å². The van der Waals surface area contributed by atoms with E-state index in [2.05, 4.69) is 22.4 Å². The fourth-order valence-corrected chi connectivity index (χ4v) is 3.86. The van der Waals surface area contributed by atoms with E-state index in [0.29, 0.717) is 11.9 Å². The lowest BCUT2D eigenvalue weighted by Gasteiger charge is -2.27. The topological polar surface area (TPSA) is 43.6 Å². The molecule has 5 heteroatoms. The molecule has 0 amide bonds. The molecule has 2 aliphatic carbocycles. The van der Waals surface area contributed by atoms with E-state index in [1.165, 1.54) is 25.7 Å². The summed E-state index contributed by atoms with van der Waals surface area (Å²) in [6.45, 7) is 2.23. The molecule has 0 saturated heterocycles. The van der Waals surface area contributed by atoms with Gasteiger partial charge in [0, 0.05) is 0 Å². The molecule has 2 saturated carbocycles. The van der Waals surface area contributed by atoms with E-state index in [0.717, 1.165) is 23.6 Å². The molecule has 0 N–H and O–H groups in total. The molecule has 4 nitrogen and oxygen atoms in total. The lowest BCUT2D eigenvalue weighted by molar-refractivity contribution is 0.225. The first kappa shape index (κ1) is 10.5. The maximum absolute atomic E-state index is 5.84. The van der Waals surface area contributed by atoms with Crippen molar-refractivity contribution in [3.8, 4) is 0 Å². The van der Waals surface area contributed by atoms with E-state index in [9.17, 15) is 0 Å². The van der Waals surface area contributed by atoms with Crippen molar-refractivity contribution in [1.82, 2.24) is 20.2 Å². The highest BCUT2D eigenvalue weighted by Gasteiger charge is 2.42. The summed E-state index contributed by atoms with van der Waals surface area (Å²) < 4.78 is 1.93. The average molecular weight is 241 g/mol. The molecule has 0 aliphatic heterocycles. The molecule has 1 aromatic heterocycles. The van der Waals surface area contributed by atoms with Crippen LogP contribution in [-0.2, 0) is 5.88 Å². The molecule has 3 rings (SSSR count). The van der Waals surface area contributed by atoms with Crippen LogP contribution in [0.15, 0.2) is 0 Å². The Labute approximate surface area is 100 Å². The minimum Gasteiger partial charge on any atom is -0.225 e. The van der Waals surface area contributed by atoms with Gasteiger partial charge in [-0.1, -0.05) is 6.42 Å². The zero-order chi connectivity index (χ0) is 11.1. The maximum Gasteiger partial charge on any atom is 0.166 e. The van der Waals surface area contributed by atoms with Gasteiger partial charge in [-0.25, -0.2) is 4.68 Å². The largest absolute Gasteiger partial charge is 0.225 e. The third-order valence-electron chi connectivity index (χ3n) is 4.48. The van der Waals surface area contributed by atoms with Crippen molar-refractivity contribution in [3.05, 3.63) is 5.82 Å². The van der Waals surface area contributed by atoms with Crippen LogP contribution in [0.2, 0.25) is 0 Å². The number of aromatic nitrogens is 4. The first-order chi connectivity index (χ1) is 7.79. The van der Waals surface area contributed by atoms with Gasteiger partial charge in [-0.15, -0.1) is 16.7 Å². The van der Waals surface area contributed by atoms with Crippen LogP contribution in [0.5, 0.6) is 0 Å². The van der Waals surface area contributed by atoms with Crippen molar-refractivity contribution in [2.24, 2.45) is 17.8 Å². The molecule has 4 atom stereocenters. The van der Waals surface area contributed by atoms with E-state index in [-0.39, 0.29) is 0 Å². The Kier molecular flexibility index (Phi) is 2.62. The summed E-state index contributed by atoms with van der Waals surface area (Å²) in [5, 5.41) is 11.8. The third-order valence-corrected chi connectivity index (χ3v) is 4.72. The molecule has 1 aromatic rings. The van der Waals surface area contributed by atoms with E-state index >= 15 is 0 Å². The lowest BCUT2D eigenvalue weighted by Crippen LogP contribution is -2.24. The van der Waals surface area contributed by atoms with Crippen molar-refractivity contribution < 1.29 is 0 Å². The summed E-state index contributed by atoms with van der Waals surface area (Å²) in [7, 11) is 0. The predicted octanol–water partition coefficient (Wildman–Crippen LogP) is 2.41. The fourth-order valence-electron chi connectivity index (χ4n) is 3.68. The molecule has 88 valence electrons. The predicted molar refractivity (Wildman–Crippen MR) is 61.0 cm³/mol. The smallest absolute Gasteiger partial charge is 0.166 e. The van der Waals surface area contributed by atoms with Crippen molar-refractivity contribution in [2.45, 2.75) is 44.5 Å². The molecule has 0 spiro atoms. The molecular formula is C11H17ClN4. The van der Waals surface area contributed by atoms with E-state index in [1.807, 2.05) is 4.68 Å². The molecule has 16 heavy (non-hydrogen) atoms. The molecule has 1 heterocycles. The highest BCUT2D eigenvalue weighted by molar-refractivity contribution is 6.16. The number of hydrogen-bond acceptors (Lipinski definition) is 3. The van der Waals surface area contributed by atoms with Crippen molar-refractivity contribution in [3.63, 3.8) is 0 Å². The van der Waals surface area contributed by atoms with E-state index in [1.54, 1.807) is 0 Å². The Bertz CT molecular complexity index is 378. The van der Waals surface area contributed by atoms with E-state index < -0.39 is 0 Å². The Balaban J connectivity index is 1.80. The summed E-state index contributed by atoms with van der Waals surface area (Å²) in [5.41, 5.74) is 0. The normalized spacial score (nSPS) is 34.5. The zero-order valence-electron chi connectivity index (χ0n) is 9.51. The zero-order valence-corrected chi connectivity index (χ0v) is 10.3. The van der Waals surface area contributed by atoms with Crippen molar-refractivity contribution in [2.75, 3.05) is 0 Å². The number of halogens is 1. The highest BCUT2D eigenvalue weighted by atomic mass is 35.5. The van der Waals surface area contributed by atoms with Gasteiger partial charge in [-0.2, -0.15) is 0 Å². The Morgan fingerprint density at radius 3 is 2.94 bits per heavy atom. The summed E-state index contributed by atoms with van der Waals surface area (Å²) >= 11 is 5.84. The molecule has 4 unspecified atom stereocenters. The van der Waals surface area contributed by atoms with Crippen LogP contribution < -0.4 is 0 Å². The summed E-state index contributed by atoms with van der Waals surface area (Å²) in [5.74, 6) is 3.82. The number of fused-ring (bicyclic) bond motifs is 2. The van der Waals surface area contributed by atoms with Gasteiger partial charge in [-0.05, 0) is 54.4 Å². The minimum atomic E-state index is 0.401. The quantitative estimate of drug-likeness (QED) is 0.762. The third kappa shape index (κ3) is 1.54. The molecule has 2 aliphatic rings. The van der Waals surface area contributed by atoms with Gasteiger partial charge in [0.25, 0.3) is 0 Å². The average Bonchev–Trinajstić information content (AvgIpc) is 3.02. The Morgan fingerprint density at radius 2 is 2.31 bits per heavy atom. The van der Waals surface area contributed by atoms with Gasteiger partial charge < -0.3 is 0 Å². The highest BCUT2D eigenvalue weighted by Crippen LogP contribution is 2.51. The number of rotatable bonds is 3. The molecule has 0 radical (unpaired) electrons. The molecule has 0 aromatic carbocycles. The second-order valence-electron chi connectivity index (χ2n) is 5.25. The van der Waals surface area contributed by atoms with E-state index in [4.69, 9.17) is 11.6 Å². The Morgan fingerprint density at radius 1 is 1.44 bits per heavy atom. The van der Waals surface area contributed by atoms with Crippen LogP contribution in [0.4, 0.5) is 0 Å². The van der Waals surface area contributed by atoms with Crippen LogP contribution in [0.25, 0.3) is 0 Å². The molecule has 2 bridgehead atoms. The van der Waals surface area contributed by atoms with Crippen LogP contribution in [0.3, 0.4) is 0 Å². The summed E-state index contributed by atoms with van der Waals surface area (Å²) in [4.78, 5) is 0. The lowest BCUT2D eigenvalue weighted by atomic mass is 9.84. The van der Waals surface area contributed by atoms with Crippen LogP contribution in [0.1, 0.15) is 44.5 Å². The summed E-state index contributed by atoms with van der Waals surface area (Å²) in [6, 6.07) is 0.402. The number of tetrazole rings is 1. The monoisotopic (exact) mass is 240 g/mol. The molecular weight excluding hydrogens is 224 g/mol. The van der Waals surface area contributed by atoms with Gasteiger partial charge >= 0.3 is 0 Å². The standard InChI is InChI=1S/C11H17ClN4/c1-7(16-11(6-12)13-14-15-16)10-5-8-2-3-9(10)4-8/h7-10H,2-6H2,1H3. The first-order valence-corrected chi connectivity index (χ1v) is 6.65. The second-order valence-corrected chi connectivity index (χ2v) is 5.52. The summed E-state index contributed by atoms with van der Waals surface area (Å²) in [6.07, 6.45) is 5.62. The first-order valence-electron chi connectivity index (χ1n) is 6.12. The molecule has 2 fully saturated rings. The number of nitrogens with zero attached hydrogens (tertiary/aromatic N) is 4. The Hall–Kier alpha value is -0.640. The van der Waals surface area contributed by atoms with Gasteiger partial charge in [0.2, 0.25) is 0 Å². The van der Waals surface area contributed by atoms with Gasteiger partial charge in [0.15, 0.2) is 5.82 Å². The van der Waals surface area contributed by atoms with Crippen LogP contribution in [0, 0.1) is 17.8 Å². The SMILES string of the molecule is CC(C1CC2CCC1C2)n1nnnc1CCl. The van der Waals surface area contributed by atoms with Crippen molar-refractivity contribution >= 4 is 11.6 Å². The maximum atomic E-state index is 5.84.